The molecule has 3 rings (SSSR count). The van der Waals surface area contributed by atoms with E-state index in [9.17, 15) is 8.42 Å². The Morgan fingerprint density at radius 3 is 2.22 bits per heavy atom. The third-order valence-corrected chi connectivity index (χ3v) is 5.61. The summed E-state index contributed by atoms with van der Waals surface area (Å²) >= 11 is 6.15. The third-order valence-electron chi connectivity index (χ3n) is 3.99. The quantitative estimate of drug-likeness (QED) is 0.640. The molecule has 0 aliphatic heterocycles. The number of halogens is 1. The minimum Gasteiger partial charge on any atom is -0.497 e. The van der Waals surface area contributed by atoms with Gasteiger partial charge in [-0.25, -0.2) is 8.42 Å². The van der Waals surface area contributed by atoms with E-state index in [1.54, 1.807) is 43.5 Å². The van der Waals surface area contributed by atoms with Crippen molar-refractivity contribution < 1.29 is 17.9 Å². The maximum atomic E-state index is 12.8. The lowest BCUT2D eigenvalue weighted by molar-refractivity contribution is 0.414. The predicted octanol–water partition coefficient (Wildman–Crippen LogP) is 4.83. The second-order valence-electron chi connectivity index (χ2n) is 5.67. The van der Waals surface area contributed by atoms with Crippen molar-refractivity contribution in [2.45, 2.75) is 4.90 Å². The topological polar surface area (TPSA) is 64.6 Å². The highest BCUT2D eigenvalue weighted by Crippen LogP contribution is 2.37. The Hall–Kier alpha value is -2.70. The number of sulfonamides is 1. The Balaban J connectivity index is 2.04. The highest BCUT2D eigenvalue weighted by molar-refractivity contribution is 7.92. The molecule has 140 valence electrons. The molecule has 0 bridgehead atoms. The van der Waals surface area contributed by atoms with Crippen LogP contribution >= 0.6 is 11.6 Å². The first-order chi connectivity index (χ1) is 12.9. The van der Waals surface area contributed by atoms with E-state index in [4.69, 9.17) is 21.1 Å². The Bertz CT molecular complexity index is 1050. The number of benzene rings is 3. The van der Waals surface area contributed by atoms with Crippen LogP contribution in [0.25, 0.3) is 11.1 Å². The molecule has 0 unspecified atom stereocenters. The molecule has 0 fully saturated rings. The molecule has 0 spiro atoms. The van der Waals surface area contributed by atoms with Crippen LogP contribution in [0.4, 0.5) is 5.69 Å². The lowest BCUT2D eigenvalue weighted by Gasteiger charge is -2.15. The standard InChI is InChI=1S/C20H18ClNO4S/c1-25-15-8-10-16(11-9-15)27(23,24)22-19-12-7-14(21)13-18(19)17-5-3-4-6-20(17)26-2/h3-13,22H,1-2H3. The molecule has 0 heterocycles. The zero-order valence-corrected chi connectivity index (χ0v) is 16.3. The van der Waals surface area contributed by atoms with Crippen molar-refractivity contribution in [3.8, 4) is 22.6 Å². The number of hydrogen-bond acceptors (Lipinski definition) is 4. The van der Waals surface area contributed by atoms with Crippen molar-refractivity contribution in [2.24, 2.45) is 0 Å². The first-order valence-electron chi connectivity index (χ1n) is 8.04. The van der Waals surface area contributed by atoms with Gasteiger partial charge in [0.15, 0.2) is 0 Å². The van der Waals surface area contributed by atoms with Gasteiger partial charge in [0.2, 0.25) is 0 Å². The first-order valence-corrected chi connectivity index (χ1v) is 9.90. The van der Waals surface area contributed by atoms with Gasteiger partial charge in [0.25, 0.3) is 10.0 Å². The molecular formula is C20H18ClNO4S. The highest BCUT2D eigenvalue weighted by Gasteiger charge is 2.18. The Kier molecular flexibility index (Phi) is 5.58. The van der Waals surface area contributed by atoms with Crippen LogP contribution in [0.5, 0.6) is 11.5 Å². The lowest BCUT2D eigenvalue weighted by atomic mass is 10.0. The van der Waals surface area contributed by atoms with E-state index in [-0.39, 0.29) is 4.90 Å². The number of nitrogens with one attached hydrogen (secondary N) is 1. The van der Waals surface area contributed by atoms with Gasteiger partial charge in [0, 0.05) is 16.1 Å². The molecule has 3 aromatic rings. The average Bonchev–Trinajstić information content (AvgIpc) is 2.69. The molecule has 0 saturated carbocycles. The fourth-order valence-corrected chi connectivity index (χ4v) is 3.91. The molecule has 3 aromatic carbocycles. The number of anilines is 1. The van der Waals surface area contributed by atoms with E-state index in [2.05, 4.69) is 4.72 Å². The molecule has 0 aliphatic rings. The SMILES string of the molecule is COc1ccc(S(=O)(=O)Nc2ccc(Cl)cc2-c2ccccc2OC)cc1. The molecular weight excluding hydrogens is 386 g/mol. The largest absolute Gasteiger partial charge is 0.497 e. The van der Waals surface area contributed by atoms with Gasteiger partial charge < -0.3 is 9.47 Å². The monoisotopic (exact) mass is 403 g/mol. The third kappa shape index (κ3) is 4.18. The fourth-order valence-electron chi connectivity index (χ4n) is 2.65. The van der Waals surface area contributed by atoms with E-state index in [1.165, 1.54) is 19.2 Å². The normalized spacial score (nSPS) is 11.1. The number of rotatable bonds is 6. The summed E-state index contributed by atoms with van der Waals surface area (Å²) in [6.07, 6.45) is 0. The molecule has 1 N–H and O–H groups in total. The maximum Gasteiger partial charge on any atom is 0.261 e. The van der Waals surface area contributed by atoms with Gasteiger partial charge >= 0.3 is 0 Å². The van der Waals surface area contributed by atoms with Crippen LogP contribution in [0.3, 0.4) is 0 Å². The van der Waals surface area contributed by atoms with Gasteiger partial charge in [-0.2, -0.15) is 0 Å². The van der Waals surface area contributed by atoms with Gasteiger partial charge in [0.1, 0.15) is 11.5 Å². The van der Waals surface area contributed by atoms with E-state index >= 15 is 0 Å². The zero-order chi connectivity index (χ0) is 19.4. The molecule has 0 radical (unpaired) electrons. The summed E-state index contributed by atoms with van der Waals surface area (Å²) < 4.78 is 38.7. The fraction of sp³-hybridized carbons (Fsp3) is 0.100. The summed E-state index contributed by atoms with van der Waals surface area (Å²) in [6.45, 7) is 0. The predicted molar refractivity (Wildman–Crippen MR) is 107 cm³/mol. The van der Waals surface area contributed by atoms with Crippen LogP contribution in [-0.4, -0.2) is 22.6 Å². The Labute approximate surface area is 163 Å². The van der Waals surface area contributed by atoms with Gasteiger partial charge in [-0.1, -0.05) is 29.8 Å². The second-order valence-corrected chi connectivity index (χ2v) is 7.79. The molecule has 0 aliphatic carbocycles. The van der Waals surface area contributed by atoms with Gasteiger partial charge in [-0.05, 0) is 48.5 Å². The van der Waals surface area contributed by atoms with Crippen LogP contribution < -0.4 is 14.2 Å². The van der Waals surface area contributed by atoms with Crippen molar-refractivity contribution in [1.82, 2.24) is 0 Å². The lowest BCUT2D eigenvalue weighted by Crippen LogP contribution is -2.13. The van der Waals surface area contributed by atoms with Crippen LogP contribution in [0.15, 0.2) is 71.6 Å². The van der Waals surface area contributed by atoms with E-state index in [0.717, 1.165) is 5.56 Å². The Morgan fingerprint density at radius 2 is 1.56 bits per heavy atom. The van der Waals surface area contributed by atoms with E-state index in [0.29, 0.717) is 27.8 Å². The summed E-state index contributed by atoms with van der Waals surface area (Å²) in [6, 6.07) is 18.5. The highest BCUT2D eigenvalue weighted by atomic mass is 35.5. The average molecular weight is 404 g/mol. The number of methoxy groups -OCH3 is 2. The summed E-state index contributed by atoms with van der Waals surface area (Å²) in [5, 5.41) is 0.489. The molecule has 0 aromatic heterocycles. The van der Waals surface area contributed by atoms with Crippen molar-refractivity contribution in [3.63, 3.8) is 0 Å². The zero-order valence-electron chi connectivity index (χ0n) is 14.8. The molecule has 27 heavy (non-hydrogen) atoms. The second kappa shape index (κ2) is 7.90. The van der Waals surface area contributed by atoms with Crippen LogP contribution in [0.2, 0.25) is 5.02 Å². The summed E-state index contributed by atoms with van der Waals surface area (Å²) in [4.78, 5) is 0.129. The van der Waals surface area contributed by atoms with Gasteiger partial charge in [-0.3, -0.25) is 4.72 Å². The van der Waals surface area contributed by atoms with Crippen molar-refractivity contribution in [3.05, 3.63) is 71.8 Å². The summed E-state index contributed by atoms with van der Waals surface area (Å²) in [7, 11) is -0.708. The number of para-hydroxylation sites is 1. The minimum absolute atomic E-state index is 0.129. The minimum atomic E-state index is -3.79. The van der Waals surface area contributed by atoms with Crippen LogP contribution in [0.1, 0.15) is 0 Å². The first kappa shape index (κ1) is 19.1. The number of hydrogen-bond donors (Lipinski definition) is 1. The van der Waals surface area contributed by atoms with Gasteiger partial charge in [-0.15, -0.1) is 0 Å². The van der Waals surface area contributed by atoms with E-state index in [1.807, 2.05) is 18.2 Å². The van der Waals surface area contributed by atoms with Crippen molar-refractivity contribution in [1.29, 1.82) is 0 Å². The summed E-state index contributed by atoms with van der Waals surface area (Å²) in [5.41, 5.74) is 1.76. The molecule has 0 amide bonds. The maximum absolute atomic E-state index is 12.8. The van der Waals surface area contributed by atoms with Gasteiger partial charge in [0.05, 0.1) is 24.8 Å². The van der Waals surface area contributed by atoms with Crippen molar-refractivity contribution >= 4 is 27.3 Å². The van der Waals surface area contributed by atoms with Crippen molar-refractivity contribution in [2.75, 3.05) is 18.9 Å². The smallest absolute Gasteiger partial charge is 0.261 e. The van der Waals surface area contributed by atoms with Crippen LogP contribution in [-0.2, 0) is 10.0 Å². The summed E-state index contributed by atoms with van der Waals surface area (Å²) in [5.74, 6) is 1.19. The molecule has 7 heteroatoms. The van der Waals surface area contributed by atoms with E-state index < -0.39 is 10.0 Å². The Morgan fingerprint density at radius 1 is 0.852 bits per heavy atom. The number of ether oxygens (including phenoxy) is 2. The molecule has 5 nitrogen and oxygen atoms in total. The molecule has 0 saturated heterocycles. The molecule has 0 atom stereocenters. The van der Waals surface area contributed by atoms with Crippen LogP contribution in [0, 0.1) is 0 Å².